The average Bonchev–Trinajstić information content (AvgIpc) is 2.56. The van der Waals surface area contributed by atoms with Gasteiger partial charge < -0.3 is 16.0 Å². The normalized spacial score (nSPS) is 12.2. The summed E-state index contributed by atoms with van der Waals surface area (Å²) in [6.45, 7) is 0. The Morgan fingerprint density at radius 1 is 1.08 bits per heavy atom. The van der Waals surface area contributed by atoms with E-state index < -0.39 is 21.7 Å². The summed E-state index contributed by atoms with van der Waals surface area (Å²) < 4.78 is 12.7. The highest BCUT2D eigenvalue weighted by Crippen LogP contribution is 2.29. The van der Waals surface area contributed by atoms with Gasteiger partial charge in [0.2, 0.25) is 3.79 Å². The molecule has 0 aliphatic rings. The molecule has 0 radical (unpaired) electrons. The molecule has 0 heterocycles. The second-order valence-corrected chi connectivity index (χ2v) is 8.73. The minimum Gasteiger partial charge on any atom is -0.339 e. The number of benzene rings is 2. The highest BCUT2D eigenvalue weighted by molar-refractivity contribution is 9.10. The molecule has 3 N–H and O–H groups in total. The lowest BCUT2D eigenvalue weighted by atomic mass is 10.2. The number of hydrogen-bond donors (Lipinski definition) is 3. The van der Waals surface area contributed by atoms with Gasteiger partial charge in [-0.2, -0.15) is 0 Å². The van der Waals surface area contributed by atoms with E-state index in [0.717, 1.165) is 10.5 Å². The minimum absolute atomic E-state index is 0.109. The van der Waals surface area contributed by atoms with Crippen molar-refractivity contribution in [2.24, 2.45) is 0 Å². The highest BCUT2D eigenvalue weighted by Gasteiger charge is 2.35. The molecule has 138 valence electrons. The van der Waals surface area contributed by atoms with E-state index in [0.29, 0.717) is 5.69 Å². The van der Waals surface area contributed by atoms with Gasteiger partial charge in [-0.25, -0.2) is 4.39 Å². The van der Waals surface area contributed by atoms with Gasteiger partial charge in [-0.15, -0.1) is 0 Å². The first-order chi connectivity index (χ1) is 12.2. The summed E-state index contributed by atoms with van der Waals surface area (Å²) in [5, 5.41) is 8.12. The first-order valence-corrected chi connectivity index (χ1v) is 9.45. The van der Waals surface area contributed by atoms with Crippen molar-refractivity contribution in [3.63, 3.8) is 0 Å². The molecule has 0 saturated heterocycles. The van der Waals surface area contributed by atoms with Gasteiger partial charge in [0.25, 0.3) is 5.91 Å². The molecule has 0 unspecified atom stereocenters. The topological polar surface area (TPSA) is 53.2 Å². The lowest BCUT2D eigenvalue weighted by molar-refractivity contribution is 0.0930. The molecule has 2 aromatic carbocycles. The van der Waals surface area contributed by atoms with Gasteiger partial charge in [0.15, 0.2) is 5.11 Å². The van der Waals surface area contributed by atoms with Crippen LogP contribution < -0.4 is 16.0 Å². The molecule has 0 spiro atoms. The Labute approximate surface area is 178 Å². The predicted molar refractivity (Wildman–Crippen MR) is 111 cm³/mol. The molecular formula is C16H12BrCl3FN3OS. The third kappa shape index (κ3) is 6.25. The molecule has 1 amide bonds. The van der Waals surface area contributed by atoms with Crippen LogP contribution in [0.5, 0.6) is 0 Å². The van der Waals surface area contributed by atoms with Gasteiger partial charge in [-0.05, 0) is 48.6 Å². The van der Waals surface area contributed by atoms with Crippen molar-refractivity contribution in [2.75, 3.05) is 5.32 Å². The number of carbonyl (C=O) groups excluding carboxylic acids is 1. The first kappa shape index (κ1) is 21.2. The number of rotatable bonds is 4. The average molecular weight is 500 g/mol. The van der Waals surface area contributed by atoms with Crippen molar-refractivity contribution < 1.29 is 9.18 Å². The quantitative estimate of drug-likeness (QED) is 0.315. The Morgan fingerprint density at radius 2 is 1.69 bits per heavy atom. The molecule has 10 heteroatoms. The zero-order valence-electron chi connectivity index (χ0n) is 12.9. The van der Waals surface area contributed by atoms with Gasteiger partial charge in [0, 0.05) is 10.2 Å². The van der Waals surface area contributed by atoms with Crippen LogP contribution in [-0.4, -0.2) is 21.0 Å². The molecule has 0 saturated carbocycles. The fourth-order valence-electron chi connectivity index (χ4n) is 1.89. The smallest absolute Gasteiger partial charge is 0.255 e. The Hall–Kier alpha value is -1.12. The second-order valence-electron chi connectivity index (χ2n) is 5.03. The Bertz CT molecular complexity index is 802. The standard InChI is InChI=1S/C16H12BrCl3FN3OS/c17-9-5-7-10(8-6-9)22-15(26)24-14(16(18,19)20)23-13(25)11-3-1-2-4-12(11)21/h1-8,14H,(H,23,25)(H2,22,24,26)/t14-/m0/s1. The monoisotopic (exact) mass is 497 g/mol. The first-order valence-electron chi connectivity index (χ1n) is 7.12. The number of nitrogens with one attached hydrogen (secondary N) is 3. The maximum absolute atomic E-state index is 13.7. The van der Waals surface area contributed by atoms with Crippen molar-refractivity contribution in [1.82, 2.24) is 10.6 Å². The van der Waals surface area contributed by atoms with Crippen LogP contribution in [0.3, 0.4) is 0 Å². The van der Waals surface area contributed by atoms with Crippen molar-refractivity contribution in [3.8, 4) is 0 Å². The third-order valence-corrected chi connectivity index (χ3v) is 4.50. The zero-order chi connectivity index (χ0) is 19.3. The predicted octanol–water partition coefficient (Wildman–Crippen LogP) is 5.00. The number of alkyl halides is 3. The number of carbonyl (C=O) groups is 1. The van der Waals surface area contributed by atoms with E-state index in [2.05, 4.69) is 31.9 Å². The van der Waals surface area contributed by atoms with E-state index in [4.69, 9.17) is 47.0 Å². The van der Waals surface area contributed by atoms with Crippen LogP contribution in [0.15, 0.2) is 53.0 Å². The molecule has 0 fully saturated rings. The van der Waals surface area contributed by atoms with E-state index in [1.54, 1.807) is 12.1 Å². The van der Waals surface area contributed by atoms with E-state index in [9.17, 15) is 9.18 Å². The fourth-order valence-corrected chi connectivity index (χ4v) is 2.71. The SMILES string of the molecule is O=C(N[C@@H](NC(=S)Nc1ccc(Br)cc1)C(Cl)(Cl)Cl)c1ccccc1F. The highest BCUT2D eigenvalue weighted by atomic mass is 79.9. The number of thiocarbonyl (C=S) groups is 1. The van der Waals surface area contributed by atoms with E-state index in [1.165, 1.54) is 18.2 Å². The lowest BCUT2D eigenvalue weighted by Crippen LogP contribution is -2.56. The van der Waals surface area contributed by atoms with Crippen LogP contribution in [0, 0.1) is 5.82 Å². The maximum atomic E-state index is 13.7. The van der Waals surface area contributed by atoms with Crippen molar-refractivity contribution >= 4 is 79.7 Å². The van der Waals surface area contributed by atoms with Crippen LogP contribution in [0.4, 0.5) is 10.1 Å². The van der Waals surface area contributed by atoms with Crippen LogP contribution >= 0.6 is 63.0 Å². The Balaban J connectivity index is 2.07. The summed E-state index contributed by atoms with van der Waals surface area (Å²) in [5.41, 5.74) is 0.509. The molecule has 4 nitrogen and oxygen atoms in total. The second kappa shape index (κ2) is 9.19. The fraction of sp³-hybridized carbons (Fsp3) is 0.125. The number of amides is 1. The molecular weight excluding hydrogens is 488 g/mol. The number of halogens is 5. The van der Waals surface area contributed by atoms with Crippen LogP contribution in [0.25, 0.3) is 0 Å². The van der Waals surface area contributed by atoms with E-state index >= 15 is 0 Å². The van der Waals surface area contributed by atoms with Gasteiger partial charge in [0.1, 0.15) is 12.0 Å². The summed E-state index contributed by atoms with van der Waals surface area (Å²) in [5.74, 6) is -1.44. The molecule has 0 aromatic heterocycles. The largest absolute Gasteiger partial charge is 0.339 e. The van der Waals surface area contributed by atoms with Crippen LogP contribution in [0.1, 0.15) is 10.4 Å². The van der Waals surface area contributed by atoms with Crippen LogP contribution in [0.2, 0.25) is 0 Å². The van der Waals surface area contributed by atoms with Gasteiger partial charge in [-0.1, -0.05) is 62.9 Å². The lowest BCUT2D eigenvalue weighted by Gasteiger charge is -2.27. The van der Waals surface area contributed by atoms with Crippen molar-refractivity contribution in [3.05, 3.63) is 64.4 Å². The van der Waals surface area contributed by atoms with Gasteiger partial charge in [-0.3, -0.25) is 4.79 Å². The van der Waals surface area contributed by atoms with E-state index in [1.807, 2.05) is 12.1 Å². The molecule has 0 bridgehead atoms. The summed E-state index contributed by atoms with van der Waals surface area (Å²) in [7, 11) is 0. The number of anilines is 1. The third-order valence-electron chi connectivity index (χ3n) is 3.10. The maximum Gasteiger partial charge on any atom is 0.255 e. The number of hydrogen-bond acceptors (Lipinski definition) is 2. The summed E-state index contributed by atoms with van der Waals surface area (Å²) in [4.78, 5) is 12.3. The van der Waals surface area contributed by atoms with Gasteiger partial charge in [0.05, 0.1) is 5.56 Å². The summed E-state index contributed by atoms with van der Waals surface area (Å²) in [6.07, 6.45) is -1.20. The molecule has 1 atom stereocenters. The molecule has 0 aliphatic heterocycles. The van der Waals surface area contributed by atoms with Crippen molar-refractivity contribution in [2.45, 2.75) is 9.96 Å². The van der Waals surface area contributed by atoms with Gasteiger partial charge >= 0.3 is 0 Å². The Morgan fingerprint density at radius 3 is 2.27 bits per heavy atom. The summed E-state index contributed by atoms with van der Waals surface area (Å²) >= 11 is 26.2. The molecule has 0 aliphatic carbocycles. The molecule has 2 aromatic rings. The molecule has 2 rings (SSSR count). The van der Waals surface area contributed by atoms with Crippen molar-refractivity contribution in [1.29, 1.82) is 0 Å². The Kier molecular flexibility index (Phi) is 7.49. The van der Waals surface area contributed by atoms with Crippen LogP contribution in [-0.2, 0) is 0 Å². The van der Waals surface area contributed by atoms with E-state index in [-0.39, 0.29) is 10.7 Å². The molecule has 26 heavy (non-hydrogen) atoms. The minimum atomic E-state index is -1.94. The zero-order valence-corrected chi connectivity index (χ0v) is 17.6. The summed E-state index contributed by atoms with van der Waals surface area (Å²) in [6, 6.07) is 12.7.